The highest BCUT2D eigenvalue weighted by Crippen LogP contribution is 2.28. The van der Waals surface area contributed by atoms with E-state index in [2.05, 4.69) is 24.1 Å². The highest BCUT2D eigenvalue weighted by atomic mass is 32.2. The molecule has 25 heavy (non-hydrogen) atoms. The van der Waals surface area contributed by atoms with Crippen LogP contribution in [0.1, 0.15) is 35.7 Å². The first-order chi connectivity index (χ1) is 11.7. The van der Waals surface area contributed by atoms with Crippen molar-refractivity contribution < 1.29 is 13.2 Å². The van der Waals surface area contributed by atoms with E-state index in [1.807, 2.05) is 12.1 Å². The molecule has 2 aromatic carbocycles. The van der Waals surface area contributed by atoms with Crippen molar-refractivity contribution in [3.63, 3.8) is 0 Å². The van der Waals surface area contributed by atoms with Gasteiger partial charge in [0, 0.05) is 11.8 Å². The average Bonchev–Trinajstić information content (AvgIpc) is 2.95. The van der Waals surface area contributed by atoms with Crippen LogP contribution in [0.5, 0.6) is 0 Å². The molecule has 0 saturated carbocycles. The smallest absolute Gasteiger partial charge is 0.257 e. The van der Waals surface area contributed by atoms with Crippen molar-refractivity contribution in [3.8, 4) is 0 Å². The minimum atomic E-state index is -3.27. The minimum absolute atomic E-state index is 0.238. The molecule has 3 aromatic rings. The number of aromatic nitrogens is 1. The average molecular weight is 374 g/mol. The highest BCUT2D eigenvalue weighted by molar-refractivity contribution is 7.90. The van der Waals surface area contributed by atoms with Crippen LogP contribution < -0.4 is 5.32 Å². The third kappa shape index (κ3) is 3.88. The summed E-state index contributed by atoms with van der Waals surface area (Å²) in [5.74, 6) is 0.170. The predicted octanol–water partition coefficient (Wildman–Crippen LogP) is 4.08. The van der Waals surface area contributed by atoms with E-state index < -0.39 is 9.84 Å². The lowest BCUT2D eigenvalue weighted by Crippen LogP contribution is -2.11. The van der Waals surface area contributed by atoms with Crippen molar-refractivity contribution in [1.82, 2.24) is 4.98 Å². The standard InChI is InChI=1S/C18H18N2O3S2/c1-11(2)12-4-6-13(7-5-12)17(21)20-18-19-15-9-8-14(25(3,22)23)10-16(15)24-18/h4-11H,1-3H3,(H,19,20,21). The molecule has 0 aliphatic rings. The Hall–Kier alpha value is -2.25. The Bertz CT molecular complexity index is 1040. The number of nitrogens with zero attached hydrogens (tertiary/aromatic N) is 1. The van der Waals surface area contributed by atoms with Gasteiger partial charge in [-0.2, -0.15) is 0 Å². The van der Waals surface area contributed by atoms with Crippen LogP contribution in [0, 0.1) is 0 Å². The normalized spacial score (nSPS) is 11.8. The van der Waals surface area contributed by atoms with E-state index in [9.17, 15) is 13.2 Å². The van der Waals surface area contributed by atoms with Gasteiger partial charge in [-0.15, -0.1) is 0 Å². The molecule has 1 N–H and O–H groups in total. The summed E-state index contributed by atoms with van der Waals surface area (Å²) in [4.78, 5) is 16.9. The summed E-state index contributed by atoms with van der Waals surface area (Å²) in [5.41, 5.74) is 2.38. The molecule has 0 atom stereocenters. The molecular formula is C18H18N2O3S2. The lowest BCUT2D eigenvalue weighted by molar-refractivity contribution is 0.102. The second kappa shape index (κ2) is 6.57. The zero-order valence-electron chi connectivity index (χ0n) is 14.1. The topological polar surface area (TPSA) is 76.1 Å². The van der Waals surface area contributed by atoms with Crippen LogP contribution in [0.2, 0.25) is 0 Å². The molecular weight excluding hydrogens is 356 g/mol. The lowest BCUT2D eigenvalue weighted by atomic mass is 10.0. The SMILES string of the molecule is CC(C)c1ccc(C(=O)Nc2nc3ccc(S(C)(=O)=O)cc3s2)cc1. The second-order valence-corrected chi connectivity index (χ2v) is 9.20. The molecule has 0 fully saturated rings. The Balaban J connectivity index is 1.83. The Morgan fingerprint density at radius 1 is 1.12 bits per heavy atom. The number of fused-ring (bicyclic) bond motifs is 1. The molecule has 0 bridgehead atoms. The second-order valence-electron chi connectivity index (χ2n) is 6.15. The summed E-state index contributed by atoms with van der Waals surface area (Å²) >= 11 is 1.25. The molecule has 130 valence electrons. The Morgan fingerprint density at radius 2 is 1.80 bits per heavy atom. The molecule has 1 aromatic heterocycles. The third-order valence-electron chi connectivity index (χ3n) is 3.85. The van der Waals surface area contributed by atoms with Crippen LogP contribution in [0.15, 0.2) is 47.4 Å². The van der Waals surface area contributed by atoms with Gasteiger partial charge in [0.25, 0.3) is 5.91 Å². The predicted molar refractivity (Wildman–Crippen MR) is 101 cm³/mol. The summed E-state index contributed by atoms with van der Waals surface area (Å²) in [6, 6.07) is 12.2. The molecule has 3 rings (SSSR count). The third-order valence-corrected chi connectivity index (χ3v) is 5.89. The zero-order valence-corrected chi connectivity index (χ0v) is 15.7. The van der Waals surface area contributed by atoms with Gasteiger partial charge in [0.05, 0.1) is 15.1 Å². The van der Waals surface area contributed by atoms with E-state index in [0.29, 0.717) is 26.8 Å². The van der Waals surface area contributed by atoms with E-state index in [1.165, 1.54) is 29.2 Å². The molecule has 0 aliphatic carbocycles. The minimum Gasteiger partial charge on any atom is -0.298 e. The van der Waals surface area contributed by atoms with Crippen LogP contribution in [0.3, 0.4) is 0 Å². The van der Waals surface area contributed by atoms with Crippen molar-refractivity contribution in [2.24, 2.45) is 0 Å². The van der Waals surface area contributed by atoms with Gasteiger partial charge in [-0.1, -0.05) is 37.3 Å². The van der Waals surface area contributed by atoms with E-state index in [0.717, 1.165) is 0 Å². The molecule has 5 nitrogen and oxygen atoms in total. The zero-order chi connectivity index (χ0) is 18.2. The molecule has 0 spiro atoms. The fourth-order valence-electron chi connectivity index (χ4n) is 2.38. The van der Waals surface area contributed by atoms with Gasteiger partial charge in [-0.05, 0) is 41.8 Å². The molecule has 1 amide bonds. The molecule has 0 radical (unpaired) electrons. The summed E-state index contributed by atoms with van der Waals surface area (Å²) in [6.07, 6.45) is 1.17. The maximum atomic E-state index is 12.4. The Kier molecular flexibility index (Phi) is 4.62. The number of rotatable bonds is 4. The van der Waals surface area contributed by atoms with E-state index >= 15 is 0 Å². The number of sulfone groups is 1. The summed E-state index contributed by atoms with van der Waals surface area (Å²) in [5, 5.41) is 3.22. The number of hydrogen-bond acceptors (Lipinski definition) is 5. The number of carbonyl (C=O) groups is 1. The fourth-order valence-corrected chi connectivity index (χ4v) is 4.00. The van der Waals surface area contributed by atoms with Crippen LogP contribution in [0.25, 0.3) is 10.2 Å². The van der Waals surface area contributed by atoms with E-state index in [-0.39, 0.29) is 10.8 Å². The quantitative estimate of drug-likeness (QED) is 0.747. The number of anilines is 1. The Morgan fingerprint density at radius 3 is 2.40 bits per heavy atom. The van der Waals surface area contributed by atoms with E-state index in [4.69, 9.17) is 0 Å². The maximum Gasteiger partial charge on any atom is 0.257 e. The molecule has 0 unspecified atom stereocenters. The number of benzene rings is 2. The van der Waals surface area contributed by atoms with Gasteiger partial charge in [0.1, 0.15) is 0 Å². The van der Waals surface area contributed by atoms with Gasteiger partial charge in [-0.3, -0.25) is 10.1 Å². The first kappa shape index (κ1) is 17.6. The fraction of sp³-hybridized carbons (Fsp3) is 0.222. The Labute approximate surface area is 150 Å². The van der Waals surface area contributed by atoms with Gasteiger partial charge in [0.2, 0.25) is 0 Å². The number of carbonyl (C=O) groups excluding carboxylic acids is 1. The number of hydrogen-bond donors (Lipinski definition) is 1. The molecule has 0 saturated heterocycles. The monoisotopic (exact) mass is 374 g/mol. The van der Waals surface area contributed by atoms with Crippen LogP contribution in [-0.4, -0.2) is 25.6 Å². The first-order valence-electron chi connectivity index (χ1n) is 7.76. The maximum absolute atomic E-state index is 12.4. The lowest BCUT2D eigenvalue weighted by Gasteiger charge is -2.06. The van der Waals surface area contributed by atoms with Crippen molar-refractivity contribution in [2.75, 3.05) is 11.6 Å². The van der Waals surface area contributed by atoms with Crippen molar-refractivity contribution in [3.05, 3.63) is 53.6 Å². The van der Waals surface area contributed by atoms with Gasteiger partial charge >= 0.3 is 0 Å². The molecule has 1 heterocycles. The van der Waals surface area contributed by atoms with Crippen molar-refractivity contribution in [2.45, 2.75) is 24.7 Å². The summed E-state index contributed by atoms with van der Waals surface area (Å²) in [7, 11) is -3.27. The van der Waals surface area contributed by atoms with Gasteiger partial charge in [-0.25, -0.2) is 13.4 Å². The van der Waals surface area contributed by atoms with Gasteiger partial charge in [0.15, 0.2) is 15.0 Å². The largest absolute Gasteiger partial charge is 0.298 e. The number of amides is 1. The number of nitrogens with one attached hydrogen (secondary N) is 1. The summed E-state index contributed by atoms with van der Waals surface area (Å²) in [6.45, 7) is 4.20. The first-order valence-corrected chi connectivity index (χ1v) is 10.5. The number of thiazole rings is 1. The van der Waals surface area contributed by atoms with Crippen molar-refractivity contribution in [1.29, 1.82) is 0 Å². The highest BCUT2D eigenvalue weighted by Gasteiger charge is 2.13. The summed E-state index contributed by atoms with van der Waals surface area (Å²) < 4.78 is 24.0. The van der Waals surface area contributed by atoms with E-state index in [1.54, 1.807) is 24.3 Å². The van der Waals surface area contributed by atoms with Crippen molar-refractivity contribution >= 4 is 42.4 Å². The van der Waals surface area contributed by atoms with Crippen LogP contribution in [-0.2, 0) is 9.84 Å². The molecule has 7 heteroatoms. The van der Waals surface area contributed by atoms with Crippen LogP contribution >= 0.6 is 11.3 Å². The van der Waals surface area contributed by atoms with Crippen LogP contribution in [0.4, 0.5) is 5.13 Å². The van der Waals surface area contributed by atoms with Gasteiger partial charge < -0.3 is 0 Å². The molecule has 0 aliphatic heterocycles.